The molecule has 1 aliphatic heterocycles. The van der Waals surface area contributed by atoms with Crippen molar-refractivity contribution in [1.29, 1.82) is 0 Å². The van der Waals surface area contributed by atoms with Gasteiger partial charge in [-0.05, 0) is 62.6 Å². The maximum atomic E-state index is 12.7. The van der Waals surface area contributed by atoms with Crippen molar-refractivity contribution >= 4 is 34.5 Å². The topological polar surface area (TPSA) is 97.2 Å². The molecule has 3 aromatic rings. The van der Waals surface area contributed by atoms with Gasteiger partial charge in [-0.25, -0.2) is 0 Å². The van der Waals surface area contributed by atoms with E-state index in [2.05, 4.69) is 21.6 Å². The van der Waals surface area contributed by atoms with Crippen molar-refractivity contribution in [3.05, 3.63) is 41.7 Å². The van der Waals surface area contributed by atoms with Gasteiger partial charge in [0.15, 0.2) is 5.76 Å². The number of allylic oxidation sites excluding steroid dienone is 1. The Morgan fingerprint density at radius 2 is 2.17 bits per heavy atom. The van der Waals surface area contributed by atoms with Gasteiger partial charge in [0.25, 0.3) is 0 Å². The van der Waals surface area contributed by atoms with Crippen LogP contribution in [-0.4, -0.2) is 27.7 Å². The van der Waals surface area contributed by atoms with Crippen LogP contribution in [0.2, 0.25) is 0 Å². The van der Waals surface area contributed by atoms with Crippen LogP contribution in [0.25, 0.3) is 28.4 Å². The molecule has 1 fully saturated rings. The first-order valence-electron chi connectivity index (χ1n) is 9.71. The van der Waals surface area contributed by atoms with Crippen molar-refractivity contribution < 1.29 is 18.7 Å². The third-order valence-corrected chi connectivity index (χ3v) is 5.66. The van der Waals surface area contributed by atoms with Gasteiger partial charge in [0.1, 0.15) is 17.1 Å². The smallest absolute Gasteiger partial charge is 0.307 e. The first kappa shape index (κ1) is 17.7. The summed E-state index contributed by atoms with van der Waals surface area (Å²) in [6.07, 6.45) is 6.15. The van der Waals surface area contributed by atoms with Gasteiger partial charge in [-0.2, -0.15) is 5.10 Å². The van der Waals surface area contributed by atoms with Crippen molar-refractivity contribution in [1.82, 2.24) is 10.2 Å². The monoisotopic (exact) mass is 391 g/mol. The van der Waals surface area contributed by atoms with Crippen molar-refractivity contribution in [2.24, 2.45) is 5.92 Å². The Morgan fingerprint density at radius 1 is 1.31 bits per heavy atom. The van der Waals surface area contributed by atoms with Crippen LogP contribution < -0.4 is 5.32 Å². The molecule has 1 aromatic carbocycles. The van der Waals surface area contributed by atoms with E-state index in [1.807, 2.05) is 30.3 Å². The zero-order chi connectivity index (χ0) is 20.2. The number of nitrogens with one attached hydrogen (secondary N) is 2. The number of rotatable bonds is 3. The molecule has 29 heavy (non-hydrogen) atoms. The number of aryl methyl sites for hydroxylation is 1. The third kappa shape index (κ3) is 3.03. The number of H-pyrrole nitrogens is 1. The number of fused-ring (bicyclic) bond motifs is 2. The van der Waals surface area contributed by atoms with E-state index in [9.17, 15) is 9.59 Å². The number of hydrogen-bond acceptors (Lipinski definition) is 5. The van der Waals surface area contributed by atoms with Crippen LogP contribution in [0.5, 0.6) is 0 Å². The SMILES string of the molecule is CC1(C)OC(=O)CC1C(=O)Nc1ccc2[nH]nc(-c3cc4c(o3)C=CCC4)c2c1. The largest absolute Gasteiger partial charge is 0.459 e. The number of benzene rings is 1. The number of aromatic nitrogens is 2. The highest BCUT2D eigenvalue weighted by Gasteiger charge is 2.46. The average molecular weight is 391 g/mol. The molecular weight excluding hydrogens is 370 g/mol. The van der Waals surface area contributed by atoms with E-state index in [0.29, 0.717) is 17.1 Å². The molecule has 0 spiro atoms. The summed E-state index contributed by atoms with van der Waals surface area (Å²) in [7, 11) is 0. The van der Waals surface area contributed by atoms with Crippen LogP contribution in [0, 0.1) is 5.92 Å². The molecule has 1 amide bonds. The standard InChI is InChI=1S/C22H21N3O4/c1-22(2)15(11-19(26)29-22)21(27)23-13-7-8-16-14(10-13)20(25-24-16)18-9-12-5-3-4-6-17(12)28-18/h4,6-10,15H,3,5,11H2,1-2H3,(H,23,27)(H,24,25). The quantitative estimate of drug-likeness (QED) is 0.656. The van der Waals surface area contributed by atoms with E-state index >= 15 is 0 Å². The van der Waals surface area contributed by atoms with Crippen molar-refractivity contribution in [3.8, 4) is 11.5 Å². The predicted octanol–water partition coefficient (Wildman–Crippen LogP) is 4.06. The normalized spacial score (nSPS) is 19.9. The molecule has 1 unspecified atom stereocenters. The van der Waals surface area contributed by atoms with E-state index in [-0.39, 0.29) is 18.3 Å². The fourth-order valence-corrected chi connectivity index (χ4v) is 4.06. The van der Waals surface area contributed by atoms with Gasteiger partial charge in [0, 0.05) is 11.1 Å². The minimum atomic E-state index is -0.813. The minimum absolute atomic E-state index is 0.0868. The van der Waals surface area contributed by atoms with Gasteiger partial charge in [-0.15, -0.1) is 0 Å². The number of anilines is 1. The first-order valence-corrected chi connectivity index (χ1v) is 9.71. The molecule has 0 saturated carbocycles. The fraction of sp³-hybridized carbons (Fsp3) is 0.318. The van der Waals surface area contributed by atoms with E-state index in [1.54, 1.807) is 13.8 Å². The maximum Gasteiger partial charge on any atom is 0.307 e. The zero-order valence-corrected chi connectivity index (χ0v) is 16.2. The van der Waals surface area contributed by atoms with Gasteiger partial charge in [0.2, 0.25) is 5.91 Å². The maximum absolute atomic E-state index is 12.7. The molecule has 7 nitrogen and oxygen atoms in total. The number of amides is 1. The third-order valence-electron chi connectivity index (χ3n) is 5.66. The molecule has 0 bridgehead atoms. The van der Waals surface area contributed by atoms with Crippen molar-refractivity contribution in [2.45, 2.75) is 38.7 Å². The van der Waals surface area contributed by atoms with Crippen LogP contribution in [0.3, 0.4) is 0 Å². The molecule has 1 aliphatic carbocycles. The van der Waals surface area contributed by atoms with E-state index < -0.39 is 11.5 Å². The highest BCUT2D eigenvalue weighted by Crippen LogP contribution is 2.35. The van der Waals surface area contributed by atoms with E-state index in [1.165, 1.54) is 5.56 Å². The Bertz CT molecular complexity index is 1170. The second kappa shape index (κ2) is 6.34. The van der Waals surface area contributed by atoms with Gasteiger partial charge in [0.05, 0.1) is 17.9 Å². The predicted molar refractivity (Wildman–Crippen MR) is 108 cm³/mol. The second-order valence-corrected chi connectivity index (χ2v) is 8.10. The number of cyclic esters (lactones) is 1. The molecule has 2 aromatic heterocycles. The number of furan rings is 1. The summed E-state index contributed by atoms with van der Waals surface area (Å²) in [4.78, 5) is 24.4. The highest BCUT2D eigenvalue weighted by molar-refractivity contribution is 6.00. The number of carbonyl (C=O) groups excluding carboxylic acids is 2. The second-order valence-electron chi connectivity index (χ2n) is 8.10. The van der Waals surface area contributed by atoms with Crippen LogP contribution in [0.15, 0.2) is 34.8 Å². The summed E-state index contributed by atoms with van der Waals surface area (Å²) < 4.78 is 11.3. The van der Waals surface area contributed by atoms with Crippen LogP contribution in [-0.2, 0) is 20.7 Å². The van der Waals surface area contributed by atoms with Crippen LogP contribution in [0.4, 0.5) is 5.69 Å². The molecule has 2 aliphatic rings. The lowest BCUT2D eigenvalue weighted by atomic mass is 9.90. The Morgan fingerprint density at radius 3 is 2.93 bits per heavy atom. The summed E-state index contributed by atoms with van der Waals surface area (Å²) in [6, 6.07) is 7.58. The molecule has 3 heterocycles. The van der Waals surface area contributed by atoms with Gasteiger partial charge in [-0.1, -0.05) is 6.08 Å². The van der Waals surface area contributed by atoms with Crippen LogP contribution in [0.1, 0.15) is 38.0 Å². The number of aromatic amines is 1. The lowest BCUT2D eigenvalue weighted by Gasteiger charge is -2.23. The summed E-state index contributed by atoms with van der Waals surface area (Å²) in [5.41, 5.74) is 2.56. The summed E-state index contributed by atoms with van der Waals surface area (Å²) >= 11 is 0. The molecule has 5 rings (SSSR count). The minimum Gasteiger partial charge on any atom is -0.459 e. The fourth-order valence-electron chi connectivity index (χ4n) is 4.06. The van der Waals surface area contributed by atoms with Gasteiger partial charge >= 0.3 is 5.97 Å². The Hall–Kier alpha value is -3.35. The number of esters is 1. The van der Waals surface area contributed by atoms with Gasteiger partial charge < -0.3 is 14.5 Å². The van der Waals surface area contributed by atoms with Crippen molar-refractivity contribution in [2.75, 3.05) is 5.32 Å². The number of hydrogen-bond donors (Lipinski definition) is 2. The molecular formula is C22H21N3O4. The Kier molecular flexibility index (Phi) is 3.87. The summed E-state index contributed by atoms with van der Waals surface area (Å²) in [6.45, 7) is 3.51. The molecule has 7 heteroatoms. The summed E-state index contributed by atoms with van der Waals surface area (Å²) in [5.74, 6) is 0.465. The zero-order valence-electron chi connectivity index (χ0n) is 16.2. The number of ether oxygens (including phenoxy) is 1. The lowest BCUT2D eigenvalue weighted by molar-refractivity contribution is -0.147. The number of carbonyl (C=O) groups is 2. The highest BCUT2D eigenvalue weighted by atomic mass is 16.6. The molecule has 2 N–H and O–H groups in total. The average Bonchev–Trinajstić information content (AvgIpc) is 3.35. The van der Waals surface area contributed by atoms with Crippen molar-refractivity contribution in [3.63, 3.8) is 0 Å². The Balaban J connectivity index is 1.45. The summed E-state index contributed by atoms with van der Waals surface area (Å²) in [5, 5.41) is 11.2. The molecule has 1 atom stereocenters. The van der Waals surface area contributed by atoms with Gasteiger partial charge in [-0.3, -0.25) is 14.7 Å². The molecule has 1 saturated heterocycles. The Labute approximate surface area is 167 Å². The molecule has 0 radical (unpaired) electrons. The van der Waals surface area contributed by atoms with E-state index in [0.717, 1.165) is 29.5 Å². The van der Waals surface area contributed by atoms with E-state index in [4.69, 9.17) is 9.15 Å². The first-order chi connectivity index (χ1) is 13.9. The number of nitrogens with zero attached hydrogens (tertiary/aromatic N) is 1. The van der Waals surface area contributed by atoms with Crippen LogP contribution >= 0.6 is 0 Å². The lowest BCUT2D eigenvalue weighted by Crippen LogP contribution is -2.36. The molecule has 148 valence electrons.